The quantitative estimate of drug-likeness (QED) is 0.363. The van der Waals surface area contributed by atoms with Gasteiger partial charge in [-0.3, -0.25) is 34.1 Å². The van der Waals surface area contributed by atoms with Crippen molar-refractivity contribution in [3.63, 3.8) is 0 Å². The van der Waals surface area contributed by atoms with E-state index in [-0.39, 0.29) is 41.0 Å². The molecule has 1 saturated heterocycles. The second kappa shape index (κ2) is 9.12. The van der Waals surface area contributed by atoms with Gasteiger partial charge in [-0.05, 0) is 24.3 Å². The number of phenolic OH excluding ortho intramolecular Hbond substituents is 1. The first-order chi connectivity index (χ1) is 16.2. The number of benzene rings is 1. The normalized spacial score (nSPS) is 16.4. The van der Waals surface area contributed by atoms with Crippen molar-refractivity contribution in [2.45, 2.75) is 0 Å². The van der Waals surface area contributed by atoms with Gasteiger partial charge in [0.15, 0.2) is 5.75 Å². The molecule has 12 heteroatoms. The Bertz CT molecular complexity index is 1210. The van der Waals surface area contributed by atoms with E-state index >= 15 is 0 Å². The zero-order chi connectivity index (χ0) is 24.6. The Balaban J connectivity index is 1.50. The molecule has 3 N–H and O–H groups in total. The summed E-state index contributed by atoms with van der Waals surface area (Å²) in [4.78, 5) is 58.0. The summed E-state index contributed by atoms with van der Waals surface area (Å²) in [6, 6.07) is 9.38. The number of carbonyl (C=O) groups is 4. The number of likely N-dealkylation sites (N-methyl/N-ethyl adjacent to an activating group) is 1. The van der Waals surface area contributed by atoms with Crippen molar-refractivity contribution in [1.29, 1.82) is 0 Å². The highest BCUT2D eigenvalue weighted by molar-refractivity contribution is 6.48. The van der Waals surface area contributed by atoms with Gasteiger partial charge in [-0.1, -0.05) is 23.7 Å². The maximum atomic E-state index is 13.1. The van der Waals surface area contributed by atoms with E-state index in [1.54, 1.807) is 29.3 Å². The number of carbonyl (C=O) groups excluding carboxylic acids is 4. The van der Waals surface area contributed by atoms with E-state index in [1.807, 2.05) is 0 Å². The molecule has 11 nitrogen and oxygen atoms in total. The van der Waals surface area contributed by atoms with Crippen LogP contribution in [0.5, 0.6) is 5.75 Å². The Morgan fingerprint density at radius 1 is 1.00 bits per heavy atom. The van der Waals surface area contributed by atoms with Gasteiger partial charge < -0.3 is 14.9 Å². The van der Waals surface area contributed by atoms with Crippen LogP contribution >= 0.6 is 11.6 Å². The topological polar surface area (TPSA) is 140 Å². The average Bonchev–Trinajstić information content (AvgIpc) is 3.06. The summed E-state index contributed by atoms with van der Waals surface area (Å²) in [6.45, 7) is 1.11. The maximum Gasteiger partial charge on any atom is 0.280 e. The van der Waals surface area contributed by atoms with Gasteiger partial charge in [0.2, 0.25) is 0 Å². The van der Waals surface area contributed by atoms with Crippen LogP contribution in [0.15, 0.2) is 53.3 Å². The standard InChI is InChI=1S/C22H21ClN6O5/c1-26-21(33)16(23)17(22(26)34)29(24)15-7-4-5-13(18(15)30)19(31)27-9-11-28(12-10-27)20(32)14-6-2-3-8-25-14/h2-8,30H,9-12,24H2,1H3. The summed E-state index contributed by atoms with van der Waals surface area (Å²) in [6.07, 6.45) is 1.54. The number of pyridine rings is 1. The summed E-state index contributed by atoms with van der Waals surface area (Å²) in [5.74, 6) is 3.41. The summed E-state index contributed by atoms with van der Waals surface area (Å²) >= 11 is 5.98. The number of aromatic nitrogens is 1. The number of halogens is 1. The number of hydrogen-bond donors (Lipinski definition) is 2. The molecule has 2 aromatic rings. The number of phenols is 1. The summed E-state index contributed by atoms with van der Waals surface area (Å²) in [5.41, 5.74) is -0.0938. The molecule has 2 aliphatic heterocycles. The highest BCUT2D eigenvalue weighted by atomic mass is 35.5. The minimum absolute atomic E-state index is 0.0423. The highest BCUT2D eigenvalue weighted by Crippen LogP contribution is 2.35. The molecule has 3 heterocycles. The van der Waals surface area contributed by atoms with Crippen LogP contribution in [-0.4, -0.2) is 81.6 Å². The van der Waals surface area contributed by atoms with Crippen molar-refractivity contribution in [3.05, 3.63) is 64.6 Å². The van der Waals surface area contributed by atoms with Crippen molar-refractivity contribution in [1.82, 2.24) is 19.7 Å². The van der Waals surface area contributed by atoms with E-state index in [0.29, 0.717) is 18.8 Å². The van der Waals surface area contributed by atoms with Crippen molar-refractivity contribution in [3.8, 4) is 5.75 Å². The molecule has 0 bridgehead atoms. The van der Waals surface area contributed by atoms with Gasteiger partial charge in [0.1, 0.15) is 22.1 Å². The van der Waals surface area contributed by atoms with Crippen molar-refractivity contribution >= 4 is 40.9 Å². The van der Waals surface area contributed by atoms with Gasteiger partial charge >= 0.3 is 0 Å². The van der Waals surface area contributed by atoms with E-state index in [0.717, 1.165) is 9.91 Å². The van der Waals surface area contributed by atoms with E-state index < -0.39 is 23.5 Å². The van der Waals surface area contributed by atoms with E-state index in [1.165, 1.54) is 30.1 Å². The largest absolute Gasteiger partial charge is 0.505 e. The lowest BCUT2D eigenvalue weighted by Gasteiger charge is -2.35. The molecule has 1 aromatic carbocycles. The Hall–Kier alpha value is -3.96. The first-order valence-corrected chi connectivity index (χ1v) is 10.7. The Morgan fingerprint density at radius 3 is 2.21 bits per heavy atom. The Kier molecular flexibility index (Phi) is 6.22. The number of nitrogens with zero attached hydrogens (tertiary/aromatic N) is 5. The molecule has 0 atom stereocenters. The summed E-state index contributed by atoms with van der Waals surface area (Å²) in [7, 11) is 1.26. The lowest BCUT2D eigenvalue weighted by atomic mass is 10.1. The predicted octanol–water partition coefficient (Wildman–Crippen LogP) is 0.514. The molecule has 0 saturated carbocycles. The summed E-state index contributed by atoms with van der Waals surface area (Å²) < 4.78 is 0. The smallest absolute Gasteiger partial charge is 0.280 e. The lowest BCUT2D eigenvalue weighted by molar-refractivity contribution is -0.135. The number of imide groups is 1. The monoisotopic (exact) mass is 484 g/mol. The number of hydrogen-bond acceptors (Lipinski definition) is 8. The molecule has 4 amide bonds. The molecule has 1 fully saturated rings. The highest BCUT2D eigenvalue weighted by Gasteiger charge is 2.39. The minimum atomic E-state index is -0.734. The van der Waals surface area contributed by atoms with E-state index in [9.17, 15) is 24.3 Å². The molecule has 2 aliphatic rings. The van der Waals surface area contributed by atoms with Gasteiger partial charge in [-0.15, -0.1) is 0 Å². The van der Waals surface area contributed by atoms with Crippen LogP contribution in [0.1, 0.15) is 20.8 Å². The van der Waals surface area contributed by atoms with Gasteiger partial charge in [0, 0.05) is 39.4 Å². The fourth-order valence-electron chi connectivity index (χ4n) is 3.76. The van der Waals surface area contributed by atoms with Crippen LogP contribution in [0, 0.1) is 0 Å². The molecule has 4 rings (SSSR count). The number of aromatic hydroxyl groups is 1. The zero-order valence-electron chi connectivity index (χ0n) is 18.1. The lowest BCUT2D eigenvalue weighted by Crippen LogP contribution is -2.50. The number of anilines is 1. The summed E-state index contributed by atoms with van der Waals surface area (Å²) in [5, 5.41) is 11.2. The fourth-order valence-corrected chi connectivity index (χ4v) is 4.05. The third-order valence-corrected chi connectivity index (χ3v) is 6.03. The maximum absolute atomic E-state index is 13.1. The van der Waals surface area contributed by atoms with Crippen LogP contribution < -0.4 is 10.9 Å². The average molecular weight is 485 g/mol. The number of piperazine rings is 1. The van der Waals surface area contributed by atoms with E-state index in [2.05, 4.69) is 4.98 Å². The third-order valence-electron chi connectivity index (χ3n) is 5.69. The fraction of sp³-hybridized carbons (Fsp3) is 0.227. The SMILES string of the molecule is CN1C(=O)C(Cl)=C(N(N)c2cccc(C(=O)N3CCN(C(=O)c4ccccn4)CC3)c2O)C1=O. The van der Waals surface area contributed by atoms with Crippen molar-refractivity contribution in [2.75, 3.05) is 38.2 Å². The van der Waals surface area contributed by atoms with Gasteiger partial charge in [-0.2, -0.15) is 0 Å². The molecular formula is C22H21ClN6O5. The molecule has 0 unspecified atom stereocenters. The molecule has 0 aliphatic carbocycles. The second-order valence-corrected chi connectivity index (χ2v) is 8.05. The van der Waals surface area contributed by atoms with Crippen LogP contribution in [-0.2, 0) is 9.59 Å². The zero-order valence-corrected chi connectivity index (χ0v) is 18.9. The number of hydrazine groups is 1. The molecule has 0 spiro atoms. The molecule has 0 radical (unpaired) electrons. The van der Waals surface area contributed by atoms with Gasteiger partial charge in [0.05, 0.1) is 5.56 Å². The molecular weight excluding hydrogens is 464 g/mol. The predicted molar refractivity (Wildman–Crippen MR) is 121 cm³/mol. The number of para-hydroxylation sites is 1. The molecule has 1 aromatic heterocycles. The molecule has 176 valence electrons. The van der Waals surface area contributed by atoms with Crippen molar-refractivity contribution in [2.24, 2.45) is 5.84 Å². The van der Waals surface area contributed by atoms with Gasteiger partial charge in [0.25, 0.3) is 23.6 Å². The number of nitrogens with two attached hydrogens (primary N) is 1. The third kappa shape index (κ3) is 3.95. The van der Waals surface area contributed by atoms with Crippen LogP contribution in [0.4, 0.5) is 5.69 Å². The Morgan fingerprint density at radius 2 is 1.65 bits per heavy atom. The van der Waals surface area contributed by atoms with Crippen LogP contribution in [0.2, 0.25) is 0 Å². The molecule has 34 heavy (non-hydrogen) atoms. The number of amides is 4. The van der Waals surface area contributed by atoms with Gasteiger partial charge in [-0.25, -0.2) is 5.84 Å². The van der Waals surface area contributed by atoms with E-state index in [4.69, 9.17) is 17.4 Å². The minimum Gasteiger partial charge on any atom is -0.505 e. The number of rotatable bonds is 4. The Labute approximate surface area is 199 Å². The van der Waals surface area contributed by atoms with Crippen LogP contribution in [0.25, 0.3) is 0 Å². The van der Waals surface area contributed by atoms with Crippen LogP contribution in [0.3, 0.4) is 0 Å². The first-order valence-electron chi connectivity index (χ1n) is 10.3. The van der Waals surface area contributed by atoms with Crippen molar-refractivity contribution < 1.29 is 24.3 Å². The second-order valence-electron chi connectivity index (χ2n) is 7.67. The first kappa shape index (κ1) is 23.2.